The lowest BCUT2D eigenvalue weighted by atomic mass is 10.1. The monoisotopic (exact) mass is 354 g/mol. The minimum atomic E-state index is 0.660. The molecule has 3 heterocycles. The molecule has 0 bridgehead atoms. The Morgan fingerprint density at radius 2 is 1.59 bits per heavy atom. The van der Waals surface area contributed by atoms with E-state index in [0.717, 1.165) is 22.8 Å². The largest absolute Gasteiger partial charge is 0.455 e. The summed E-state index contributed by atoms with van der Waals surface area (Å²) in [5, 5.41) is 3.17. The molecule has 0 unspecified atom stereocenters. The van der Waals surface area contributed by atoms with Crippen molar-refractivity contribution in [2.75, 3.05) is 5.32 Å². The quantitative estimate of drug-likeness (QED) is 0.521. The number of hydrogen-bond acceptors (Lipinski definition) is 5. The fourth-order valence-corrected chi connectivity index (χ4v) is 2.67. The van der Waals surface area contributed by atoms with Crippen LogP contribution < -0.4 is 10.1 Å². The number of ether oxygens (including phenoxy) is 1. The lowest BCUT2D eigenvalue weighted by Crippen LogP contribution is -1.97. The molecule has 0 atom stereocenters. The first-order valence-electron chi connectivity index (χ1n) is 8.63. The van der Waals surface area contributed by atoms with Crippen molar-refractivity contribution in [1.29, 1.82) is 0 Å². The molecular weight excluding hydrogens is 336 g/mol. The van der Waals surface area contributed by atoms with E-state index in [2.05, 4.69) is 20.3 Å². The number of aryl methyl sites for hydroxylation is 1. The summed E-state index contributed by atoms with van der Waals surface area (Å²) in [6, 6.07) is 23.2. The first kappa shape index (κ1) is 16.7. The summed E-state index contributed by atoms with van der Waals surface area (Å²) < 4.78 is 6.13. The standard InChI is InChI=1S/C22H18N4O/c1-16-10-11-19(22(25-16)17-7-3-2-4-8-17)27-18-12-14-24-21(15-18)26-20-9-5-6-13-23-20/h2-15H,1H3,(H,23,24,26). The second kappa shape index (κ2) is 7.66. The van der Waals surface area contributed by atoms with Gasteiger partial charge in [-0.25, -0.2) is 15.0 Å². The smallest absolute Gasteiger partial charge is 0.153 e. The molecule has 0 amide bonds. The molecule has 0 spiro atoms. The molecule has 0 fully saturated rings. The van der Waals surface area contributed by atoms with Crippen LogP contribution in [0.1, 0.15) is 5.69 Å². The number of benzene rings is 1. The highest BCUT2D eigenvalue weighted by atomic mass is 16.5. The lowest BCUT2D eigenvalue weighted by Gasteiger charge is -2.12. The van der Waals surface area contributed by atoms with Gasteiger partial charge < -0.3 is 10.1 Å². The molecular formula is C22H18N4O. The summed E-state index contributed by atoms with van der Waals surface area (Å²) in [4.78, 5) is 13.2. The zero-order chi connectivity index (χ0) is 18.5. The minimum absolute atomic E-state index is 0.660. The summed E-state index contributed by atoms with van der Waals surface area (Å²) in [5.41, 5.74) is 2.76. The van der Waals surface area contributed by atoms with Crippen molar-refractivity contribution in [3.05, 3.63) is 90.9 Å². The third-order valence-electron chi connectivity index (χ3n) is 3.92. The third kappa shape index (κ3) is 4.10. The Labute approximate surface area is 157 Å². The van der Waals surface area contributed by atoms with E-state index in [1.165, 1.54) is 0 Å². The van der Waals surface area contributed by atoms with Crippen LogP contribution in [0.4, 0.5) is 11.6 Å². The lowest BCUT2D eigenvalue weighted by molar-refractivity contribution is 0.482. The van der Waals surface area contributed by atoms with Crippen LogP contribution in [0.5, 0.6) is 11.5 Å². The van der Waals surface area contributed by atoms with Crippen molar-refractivity contribution < 1.29 is 4.74 Å². The third-order valence-corrected chi connectivity index (χ3v) is 3.92. The maximum Gasteiger partial charge on any atom is 0.153 e. The predicted octanol–water partition coefficient (Wildman–Crippen LogP) is 5.38. The van der Waals surface area contributed by atoms with Crippen LogP contribution >= 0.6 is 0 Å². The molecule has 1 aromatic carbocycles. The zero-order valence-corrected chi connectivity index (χ0v) is 14.8. The Morgan fingerprint density at radius 3 is 2.41 bits per heavy atom. The summed E-state index contributed by atoms with van der Waals surface area (Å²) in [6.07, 6.45) is 3.43. The van der Waals surface area contributed by atoms with Gasteiger partial charge in [0.25, 0.3) is 0 Å². The Balaban J connectivity index is 1.62. The van der Waals surface area contributed by atoms with Crippen molar-refractivity contribution in [2.24, 2.45) is 0 Å². The molecule has 27 heavy (non-hydrogen) atoms. The van der Waals surface area contributed by atoms with Crippen molar-refractivity contribution in [2.45, 2.75) is 6.92 Å². The number of anilines is 2. The molecule has 0 aliphatic rings. The van der Waals surface area contributed by atoms with E-state index in [9.17, 15) is 0 Å². The molecule has 4 rings (SSSR count). The Kier molecular flexibility index (Phi) is 4.74. The maximum absolute atomic E-state index is 6.13. The average Bonchev–Trinajstić information content (AvgIpc) is 2.71. The highest BCUT2D eigenvalue weighted by molar-refractivity contribution is 5.67. The van der Waals surface area contributed by atoms with Crippen LogP contribution in [0.2, 0.25) is 0 Å². The van der Waals surface area contributed by atoms with Gasteiger partial charge in [0.1, 0.15) is 23.1 Å². The zero-order valence-electron chi connectivity index (χ0n) is 14.8. The van der Waals surface area contributed by atoms with Gasteiger partial charge >= 0.3 is 0 Å². The van der Waals surface area contributed by atoms with E-state index in [4.69, 9.17) is 4.74 Å². The topological polar surface area (TPSA) is 59.9 Å². The molecule has 4 aromatic rings. The molecule has 5 heteroatoms. The predicted molar refractivity (Wildman–Crippen MR) is 106 cm³/mol. The van der Waals surface area contributed by atoms with E-state index in [1.54, 1.807) is 12.4 Å². The van der Waals surface area contributed by atoms with E-state index >= 15 is 0 Å². The second-order valence-electron chi connectivity index (χ2n) is 5.98. The van der Waals surface area contributed by atoms with Crippen LogP contribution in [0, 0.1) is 6.92 Å². The van der Waals surface area contributed by atoms with Gasteiger partial charge in [-0.05, 0) is 37.3 Å². The molecule has 0 aliphatic carbocycles. The van der Waals surface area contributed by atoms with E-state index < -0.39 is 0 Å². The van der Waals surface area contributed by atoms with E-state index in [1.807, 2.05) is 79.7 Å². The molecule has 132 valence electrons. The van der Waals surface area contributed by atoms with Gasteiger partial charge in [0.15, 0.2) is 5.75 Å². The van der Waals surface area contributed by atoms with Gasteiger partial charge in [0, 0.05) is 29.7 Å². The summed E-state index contributed by atoms with van der Waals surface area (Å²) in [7, 11) is 0. The molecule has 0 radical (unpaired) electrons. The van der Waals surface area contributed by atoms with Gasteiger partial charge in [-0.15, -0.1) is 0 Å². The summed E-state index contributed by atoms with van der Waals surface area (Å²) >= 11 is 0. The fraction of sp³-hybridized carbons (Fsp3) is 0.0455. The van der Waals surface area contributed by atoms with Crippen LogP contribution in [-0.2, 0) is 0 Å². The number of aromatic nitrogens is 3. The van der Waals surface area contributed by atoms with Crippen molar-refractivity contribution >= 4 is 11.6 Å². The molecule has 3 aromatic heterocycles. The normalized spacial score (nSPS) is 10.4. The molecule has 5 nitrogen and oxygen atoms in total. The van der Waals surface area contributed by atoms with Crippen molar-refractivity contribution in [1.82, 2.24) is 15.0 Å². The first-order valence-corrected chi connectivity index (χ1v) is 8.63. The number of hydrogen-bond donors (Lipinski definition) is 1. The molecule has 0 aliphatic heterocycles. The SMILES string of the molecule is Cc1ccc(Oc2ccnc(Nc3ccccn3)c2)c(-c2ccccc2)n1. The van der Waals surface area contributed by atoms with Gasteiger partial charge in [-0.1, -0.05) is 36.4 Å². The van der Waals surface area contributed by atoms with Crippen LogP contribution in [0.3, 0.4) is 0 Å². The highest BCUT2D eigenvalue weighted by Crippen LogP contribution is 2.32. The average molecular weight is 354 g/mol. The van der Waals surface area contributed by atoms with Gasteiger partial charge in [-0.3, -0.25) is 0 Å². The molecule has 0 saturated heterocycles. The molecule has 0 saturated carbocycles. The first-order chi connectivity index (χ1) is 13.3. The Bertz CT molecular complexity index is 1040. The maximum atomic E-state index is 6.13. The van der Waals surface area contributed by atoms with Crippen LogP contribution in [0.15, 0.2) is 85.2 Å². The van der Waals surface area contributed by atoms with Crippen LogP contribution in [-0.4, -0.2) is 15.0 Å². The van der Waals surface area contributed by atoms with E-state index in [-0.39, 0.29) is 0 Å². The fourth-order valence-electron chi connectivity index (χ4n) is 2.67. The van der Waals surface area contributed by atoms with Crippen LogP contribution in [0.25, 0.3) is 11.3 Å². The van der Waals surface area contributed by atoms with Gasteiger partial charge in [0.2, 0.25) is 0 Å². The highest BCUT2D eigenvalue weighted by Gasteiger charge is 2.10. The summed E-state index contributed by atoms with van der Waals surface area (Å²) in [5.74, 6) is 2.75. The Hall–Kier alpha value is -3.73. The number of pyridine rings is 3. The van der Waals surface area contributed by atoms with Gasteiger partial charge in [0.05, 0.1) is 0 Å². The number of rotatable bonds is 5. The summed E-state index contributed by atoms with van der Waals surface area (Å²) in [6.45, 7) is 1.97. The second-order valence-corrected chi connectivity index (χ2v) is 5.98. The van der Waals surface area contributed by atoms with Crippen molar-refractivity contribution in [3.8, 4) is 22.8 Å². The van der Waals surface area contributed by atoms with Crippen molar-refractivity contribution in [3.63, 3.8) is 0 Å². The Morgan fingerprint density at radius 1 is 0.778 bits per heavy atom. The van der Waals surface area contributed by atoms with E-state index in [0.29, 0.717) is 17.3 Å². The number of nitrogens with zero attached hydrogens (tertiary/aromatic N) is 3. The number of nitrogens with one attached hydrogen (secondary N) is 1. The molecule has 1 N–H and O–H groups in total. The van der Waals surface area contributed by atoms with Gasteiger partial charge in [-0.2, -0.15) is 0 Å². The minimum Gasteiger partial charge on any atom is -0.455 e.